The fourth-order valence-corrected chi connectivity index (χ4v) is 4.72. The van der Waals surface area contributed by atoms with Crippen molar-refractivity contribution in [3.05, 3.63) is 97.9 Å². The molecular weight excluding hydrogens is 575 g/mol. The van der Waals surface area contributed by atoms with Gasteiger partial charge in [-0.15, -0.1) is 0 Å². The molecule has 0 aromatic heterocycles. The maximum atomic E-state index is 13.7. The lowest BCUT2D eigenvalue weighted by Crippen LogP contribution is -2.51. The molecular formula is C29H31BrCl2N2O3. The normalized spacial score (nSPS) is 11.6. The van der Waals surface area contributed by atoms with Crippen LogP contribution < -0.4 is 10.1 Å². The number of nitrogens with zero attached hydrogens (tertiary/aromatic N) is 1. The van der Waals surface area contributed by atoms with Crippen molar-refractivity contribution in [3.8, 4) is 5.75 Å². The van der Waals surface area contributed by atoms with Gasteiger partial charge in [0, 0.05) is 19.5 Å². The van der Waals surface area contributed by atoms with Gasteiger partial charge in [0.15, 0.2) is 6.61 Å². The van der Waals surface area contributed by atoms with Gasteiger partial charge in [-0.1, -0.05) is 79.5 Å². The van der Waals surface area contributed by atoms with Crippen LogP contribution >= 0.6 is 39.1 Å². The van der Waals surface area contributed by atoms with E-state index in [-0.39, 0.29) is 25.0 Å². The number of nitrogens with one attached hydrogen (secondary N) is 1. The van der Waals surface area contributed by atoms with Gasteiger partial charge in [-0.05, 0) is 69.7 Å². The van der Waals surface area contributed by atoms with Gasteiger partial charge in [0.25, 0.3) is 5.91 Å². The predicted molar refractivity (Wildman–Crippen MR) is 153 cm³/mol. The van der Waals surface area contributed by atoms with Crippen LogP contribution in [0, 0.1) is 0 Å². The van der Waals surface area contributed by atoms with Crippen molar-refractivity contribution < 1.29 is 14.3 Å². The highest BCUT2D eigenvalue weighted by Gasteiger charge is 2.30. The van der Waals surface area contributed by atoms with E-state index in [2.05, 4.69) is 28.2 Å². The number of hydrogen-bond donors (Lipinski definition) is 1. The molecule has 0 fully saturated rings. The van der Waals surface area contributed by atoms with E-state index < -0.39 is 6.04 Å². The fourth-order valence-electron chi connectivity index (χ4n) is 3.86. The number of halogens is 3. The molecule has 0 aliphatic heterocycles. The van der Waals surface area contributed by atoms with E-state index in [1.54, 1.807) is 23.1 Å². The SMILES string of the molecule is CCCNC(=O)C(Cc1ccccc1)N(Cc1ccc(Cl)c(Cl)c1)C(=O)COc1ccc(CC)cc1Br. The lowest BCUT2D eigenvalue weighted by molar-refractivity contribution is -0.142. The van der Waals surface area contributed by atoms with Crippen LogP contribution in [-0.2, 0) is 29.0 Å². The van der Waals surface area contributed by atoms with E-state index >= 15 is 0 Å². The van der Waals surface area contributed by atoms with Gasteiger partial charge in [0.1, 0.15) is 11.8 Å². The molecule has 1 N–H and O–H groups in total. The Labute approximate surface area is 237 Å². The van der Waals surface area contributed by atoms with Crippen LogP contribution in [-0.4, -0.2) is 35.9 Å². The topological polar surface area (TPSA) is 58.6 Å². The van der Waals surface area contributed by atoms with E-state index in [0.717, 1.165) is 34.0 Å². The third-order valence-electron chi connectivity index (χ3n) is 5.91. The molecule has 37 heavy (non-hydrogen) atoms. The summed E-state index contributed by atoms with van der Waals surface area (Å²) < 4.78 is 6.68. The fraction of sp³-hybridized carbons (Fsp3) is 0.310. The second-order valence-electron chi connectivity index (χ2n) is 8.67. The maximum Gasteiger partial charge on any atom is 0.261 e. The van der Waals surface area contributed by atoms with Gasteiger partial charge in [-0.2, -0.15) is 0 Å². The Morgan fingerprint density at radius 3 is 2.32 bits per heavy atom. The first-order valence-electron chi connectivity index (χ1n) is 12.3. The molecule has 0 saturated heterocycles. The van der Waals surface area contributed by atoms with Gasteiger partial charge in [0.2, 0.25) is 5.91 Å². The summed E-state index contributed by atoms with van der Waals surface area (Å²) in [6.07, 6.45) is 2.04. The Balaban J connectivity index is 1.91. The van der Waals surface area contributed by atoms with Crippen LogP contribution in [0.1, 0.15) is 37.0 Å². The lowest BCUT2D eigenvalue weighted by Gasteiger charge is -2.31. The molecule has 1 unspecified atom stereocenters. The van der Waals surface area contributed by atoms with Gasteiger partial charge in [-0.25, -0.2) is 0 Å². The number of amides is 2. The highest BCUT2D eigenvalue weighted by molar-refractivity contribution is 9.10. The number of ether oxygens (including phenoxy) is 1. The maximum absolute atomic E-state index is 13.7. The summed E-state index contributed by atoms with van der Waals surface area (Å²) in [7, 11) is 0. The second-order valence-corrected chi connectivity index (χ2v) is 10.3. The summed E-state index contributed by atoms with van der Waals surface area (Å²) in [5, 5.41) is 3.77. The monoisotopic (exact) mass is 604 g/mol. The number of carbonyl (C=O) groups is 2. The number of aryl methyl sites for hydroxylation is 1. The van der Waals surface area contributed by atoms with Crippen LogP contribution in [0.3, 0.4) is 0 Å². The van der Waals surface area contributed by atoms with Crippen LogP contribution in [0.2, 0.25) is 10.0 Å². The summed E-state index contributed by atoms with van der Waals surface area (Å²) in [5.41, 5.74) is 2.87. The smallest absolute Gasteiger partial charge is 0.261 e. The zero-order valence-electron chi connectivity index (χ0n) is 21.0. The largest absolute Gasteiger partial charge is 0.483 e. The quantitative estimate of drug-likeness (QED) is 0.245. The minimum absolute atomic E-state index is 0.173. The van der Waals surface area contributed by atoms with Gasteiger partial charge in [-0.3, -0.25) is 9.59 Å². The van der Waals surface area contributed by atoms with Crippen molar-refractivity contribution in [2.75, 3.05) is 13.2 Å². The average Bonchev–Trinajstić information content (AvgIpc) is 2.90. The summed E-state index contributed by atoms with van der Waals surface area (Å²) in [4.78, 5) is 28.6. The van der Waals surface area contributed by atoms with Crippen molar-refractivity contribution in [1.29, 1.82) is 0 Å². The van der Waals surface area contributed by atoms with E-state index in [0.29, 0.717) is 28.8 Å². The zero-order chi connectivity index (χ0) is 26.8. The Bertz CT molecular complexity index is 1210. The molecule has 3 aromatic carbocycles. The first kappa shape index (κ1) is 29.0. The Morgan fingerprint density at radius 1 is 0.946 bits per heavy atom. The van der Waals surface area contributed by atoms with Crippen molar-refractivity contribution in [1.82, 2.24) is 10.2 Å². The number of carbonyl (C=O) groups excluding carboxylic acids is 2. The molecule has 2 amide bonds. The summed E-state index contributed by atoms with van der Waals surface area (Å²) in [5.74, 6) is 0.0350. The molecule has 0 spiro atoms. The van der Waals surface area contributed by atoms with E-state index in [9.17, 15) is 9.59 Å². The van der Waals surface area contributed by atoms with Crippen molar-refractivity contribution in [3.63, 3.8) is 0 Å². The molecule has 0 bridgehead atoms. The summed E-state index contributed by atoms with van der Waals surface area (Å²) in [6.45, 7) is 4.53. The molecule has 3 rings (SSSR count). The molecule has 1 atom stereocenters. The standard InChI is InChI=1S/C29H31BrCl2N2O3/c1-3-14-33-29(36)26(17-21-8-6-5-7-9-21)34(18-22-10-12-24(31)25(32)16-22)28(35)19-37-27-13-11-20(4-2)15-23(27)30/h5-13,15-16,26H,3-4,14,17-19H2,1-2H3,(H,33,36). The Kier molecular flexibility index (Phi) is 11.3. The van der Waals surface area contributed by atoms with Crippen LogP contribution in [0.25, 0.3) is 0 Å². The van der Waals surface area contributed by atoms with Crippen molar-refractivity contribution >= 4 is 50.9 Å². The van der Waals surface area contributed by atoms with E-state index in [1.807, 2.05) is 55.5 Å². The molecule has 3 aromatic rings. The molecule has 0 heterocycles. The Morgan fingerprint density at radius 2 is 1.68 bits per heavy atom. The zero-order valence-corrected chi connectivity index (χ0v) is 24.1. The predicted octanol–water partition coefficient (Wildman–Crippen LogP) is 6.86. The van der Waals surface area contributed by atoms with Gasteiger partial charge >= 0.3 is 0 Å². The molecule has 0 aliphatic rings. The van der Waals surface area contributed by atoms with Crippen LogP contribution in [0.5, 0.6) is 5.75 Å². The summed E-state index contributed by atoms with van der Waals surface area (Å²) >= 11 is 15.9. The number of hydrogen-bond acceptors (Lipinski definition) is 3. The van der Waals surface area contributed by atoms with Crippen molar-refractivity contribution in [2.45, 2.75) is 45.7 Å². The number of rotatable bonds is 12. The summed E-state index contributed by atoms with van der Waals surface area (Å²) in [6, 6.07) is 19.9. The van der Waals surface area contributed by atoms with Crippen LogP contribution in [0.15, 0.2) is 71.2 Å². The number of benzene rings is 3. The van der Waals surface area contributed by atoms with Crippen LogP contribution in [0.4, 0.5) is 0 Å². The van der Waals surface area contributed by atoms with Gasteiger partial charge in [0.05, 0.1) is 14.5 Å². The van der Waals surface area contributed by atoms with Gasteiger partial charge < -0.3 is 15.0 Å². The third-order valence-corrected chi connectivity index (χ3v) is 7.27. The molecule has 196 valence electrons. The average molecular weight is 606 g/mol. The molecule has 0 radical (unpaired) electrons. The molecule has 8 heteroatoms. The Hall–Kier alpha value is -2.54. The highest BCUT2D eigenvalue weighted by Crippen LogP contribution is 2.27. The first-order valence-corrected chi connectivity index (χ1v) is 13.8. The molecule has 0 saturated carbocycles. The third kappa shape index (κ3) is 8.49. The molecule has 5 nitrogen and oxygen atoms in total. The minimum atomic E-state index is -0.745. The molecule has 0 aliphatic carbocycles. The minimum Gasteiger partial charge on any atom is -0.483 e. The lowest BCUT2D eigenvalue weighted by atomic mass is 10.0. The second kappa shape index (κ2) is 14.4. The first-order chi connectivity index (χ1) is 17.8. The highest BCUT2D eigenvalue weighted by atomic mass is 79.9. The van der Waals surface area contributed by atoms with E-state index in [1.165, 1.54) is 0 Å². The van der Waals surface area contributed by atoms with E-state index in [4.69, 9.17) is 27.9 Å². The van der Waals surface area contributed by atoms with Crippen molar-refractivity contribution in [2.24, 2.45) is 0 Å².